The van der Waals surface area contributed by atoms with E-state index in [4.69, 9.17) is 9.47 Å². The second-order valence-corrected chi connectivity index (χ2v) is 11.1. The minimum atomic E-state index is -1.06. The molecule has 0 aromatic heterocycles. The first-order valence-corrected chi connectivity index (χ1v) is 11.6. The summed E-state index contributed by atoms with van der Waals surface area (Å²) in [6.45, 7) is 8.79. The fourth-order valence-electron chi connectivity index (χ4n) is 5.24. The first-order chi connectivity index (χ1) is 15.7. The predicted molar refractivity (Wildman–Crippen MR) is 125 cm³/mol. The van der Waals surface area contributed by atoms with Crippen LogP contribution in [0.25, 0.3) is 0 Å². The largest absolute Gasteiger partial charge is 0.512 e. The highest BCUT2D eigenvalue weighted by molar-refractivity contribution is 6.09. The van der Waals surface area contributed by atoms with E-state index in [-0.39, 0.29) is 61.0 Å². The Morgan fingerprint density at radius 1 is 1.03 bits per heavy atom. The number of carbonyl (C=O) groups is 4. The van der Waals surface area contributed by atoms with Gasteiger partial charge in [-0.15, -0.1) is 0 Å². The predicted octanol–water partition coefficient (Wildman–Crippen LogP) is 4.62. The van der Waals surface area contributed by atoms with E-state index in [0.717, 1.165) is 0 Å². The topological polar surface area (TPSA) is 107 Å². The first-order valence-electron chi connectivity index (χ1n) is 11.6. The normalized spacial score (nSPS) is 21.4. The fourth-order valence-corrected chi connectivity index (χ4v) is 5.24. The van der Waals surface area contributed by atoms with Gasteiger partial charge in [-0.1, -0.05) is 33.8 Å². The minimum Gasteiger partial charge on any atom is -0.512 e. The minimum absolute atomic E-state index is 0.0648. The molecule has 184 valence electrons. The van der Waals surface area contributed by atoms with Gasteiger partial charge in [0, 0.05) is 49.7 Å². The summed E-state index contributed by atoms with van der Waals surface area (Å²) >= 11 is 0. The maximum atomic E-state index is 13.3. The van der Waals surface area contributed by atoms with Gasteiger partial charge in [0.2, 0.25) is 0 Å². The highest BCUT2D eigenvalue weighted by atomic mass is 16.5. The summed E-state index contributed by atoms with van der Waals surface area (Å²) in [5, 5.41) is 11.0. The number of ether oxygens (including phenoxy) is 2. The molecule has 2 aliphatic rings. The second-order valence-electron chi connectivity index (χ2n) is 11.1. The Kier molecular flexibility index (Phi) is 7.06. The third-order valence-corrected chi connectivity index (χ3v) is 6.63. The van der Waals surface area contributed by atoms with Crippen molar-refractivity contribution in [3.05, 3.63) is 40.7 Å². The lowest BCUT2D eigenvalue weighted by Gasteiger charge is -2.39. The van der Waals surface area contributed by atoms with Gasteiger partial charge < -0.3 is 14.6 Å². The van der Waals surface area contributed by atoms with Crippen LogP contribution in [-0.2, 0) is 30.5 Å². The number of esters is 1. The molecule has 1 N–H and O–H groups in total. The molecule has 0 aliphatic heterocycles. The average molecular weight is 471 g/mol. The molecule has 1 aromatic carbocycles. The molecule has 2 aliphatic carbocycles. The van der Waals surface area contributed by atoms with Gasteiger partial charge in [0.05, 0.1) is 13.0 Å². The highest BCUT2D eigenvalue weighted by Crippen LogP contribution is 2.48. The van der Waals surface area contributed by atoms with Crippen molar-refractivity contribution in [3.8, 4) is 5.75 Å². The van der Waals surface area contributed by atoms with Crippen molar-refractivity contribution in [3.63, 3.8) is 0 Å². The maximum Gasteiger partial charge on any atom is 0.302 e. The van der Waals surface area contributed by atoms with E-state index in [1.54, 1.807) is 18.2 Å². The van der Waals surface area contributed by atoms with Crippen molar-refractivity contribution in [2.45, 2.75) is 72.8 Å². The SMILES string of the molecule is COc1ccc(C(C2=C(O)CC(C)(C)CC2=O)C2C(=O)CC(C)(C)CC2=O)cc1COC(C)=O. The molecule has 3 rings (SSSR count). The monoisotopic (exact) mass is 470 g/mol. The Morgan fingerprint density at radius 2 is 1.62 bits per heavy atom. The zero-order chi connectivity index (χ0) is 25.4. The van der Waals surface area contributed by atoms with E-state index in [1.807, 2.05) is 27.7 Å². The number of hydrogen-bond donors (Lipinski definition) is 1. The van der Waals surface area contributed by atoms with Crippen LogP contribution in [0.5, 0.6) is 5.75 Å². The number of aliphatic hydroxyl groups is 1. The van der Waals surface area contributed by atoms with Crippen LogP contribution in [0.15, 0.2) is 29.5 Å². The maximum absolute atomic E-state index is 13.3. The van der Waals surface area contributed by atoms with Crippen molar-refractivity contribution in [2.24, 2.45) is 16.7 Å². The average Bonchev–Trinajstić information content (AvgIpc) is 2.68. The zero-order valence-electron chi connectivity index (χ0n) is 20.8. The Labute approximate surface area is 200 Å². The number of Topliss-reactive ketones (excluding diaryl/α,β-unsaturated/α-hetero) is 3. The molecule has 1 unspecified atom stereocenters. The van der Waals surface area contributed by atoms with Crippen LogP contribution in [-0.4, -0.2) is 35.5 Å². The molecular formula is C27H34O7. The van der Waals surface area contributed by atoms with Gasteiger partial charge in [0.1, 0.15) is 29.7 Å². The van der Waals surface area contributed by atoms with Gasteiger partial charge in [-0.05, 0) is 28.5 Å². The van der Waals surface area contributed by atoms with Crippen LogP contribution in [0.4, 0.5) is 0 Å². The van der Waals surface area contributed by atoms with Gasteiger partial charge >= 0.3 is 5.97 Å². The van der Waals surface area contributed by atoms with Crippen molar-refractivity contribution in [1.82, 2.24) is 0 Å². The summed E-state index contributed by atoms with van der Waals surface area (Å²) in [4.78, 5) is 51.3. The number of allylic oxidation sites excluding steroid dienone is 2. The Bertz CT molecular complexity index is 1040. The summed E-state index contributed by atoms with van der Waals surface area (Å²) in [5.41, 5.74) is 0.334. The van der Waals surface area contributed by atoms with Crippen LogP contribution in [0.1, 0.15) is 77.3 Å². The smallest absolute Gasteiger partial charge is 0.302 e. The van der Waals surface area contributed by atoms with Crippen molar-refractivity contribution < 1.29 is 33.8 Å². The molecule has 1 atom stereocenters. The molecule has 1 aromatic rings. The lowest BCUT2D eigenvalue weighted by molar-refractivity contribution is -0.142. The molecule has 1 fully saturated rings. The first kappa shape index (κ1) is 25.7. The fraction of sp³-hybridized carbons (Fsp3) is 0.556. The second kappa shape index (κ2) is 9.35. The standard InChI is InChI=1S/C27H34O7/c1-15(28)34-14-17-9-16(7-8-22(17)33-6)23(24-18(29)10-26(2,3)11-19(24)30)25-20(31)12-27(4,5)13-21(25)32/h7-9,23-24,31H,10-14H2,1-6H3. The number of carbonyl (C=O) groups excluding carboxylic acids is 4. The molecule has 1 saturated carbocycles. The Balaban J connectivity index is 2.18. The van der Waals surface area contributed by atoms with Gasteiger partial charge in [-0.3, -0.25) is 19.2 Å². The summed E-state index contributed by atoms with van der Waals surface area (Å²) in [6, 6.07) is 5.06. The van der Waals surface area contributed by atoms with E-state index in [9.17, 15) is 24.3 Å². The van der Waals surface area contributed by atoms with E-state index in [0.29, 0.717) is 16.9 Å². The van der Waals surface area contributed by atoms with Crippen molar-refractivity contribution >= 4 is 23.3 Å². The van der Waals surface area contributed by atoms with E-state index in [2.05, 4.69) is 0 Å². The third-order valence-electron chi connectivity index (χ3n) is 6.63. The molecule has 0 bridgehead atoms. The lowest BCUT2D eigenvalue weighted by Crippen LogP contribution is -2.43. The summed E-state index contributed by atoms with van der Waals surface area (Å²) < 4.78 is 10.5. The van der Waals surface area contributed by atoms with E-state index in [1.165, 1.54) is 14.0 Å². The molecule has 7 heteroatoms. The number of ketones is 3. The summed E-state index contributed by atoms with van der Waals surface area (Å²) in [5.74, 6) is -2.78. The van der Waals surface area contributed by atoms with Crippen LogP contribution >= 0.6 is 0 Å². The van der Waals surface area contributed by atoms with Crippen molar-refractivity contribution in [1.29, 1.82) is 0 Å². The Hall–Kier alpha value is -2.96. The number of aliphatic hydroxyl groups excluding tert-OH is 1. The molecule has 0 radical (unpaired) electrons. The number of methoxy groups -OCH3 is 1. The van der Waals surface area contributed by atoms with Crippen LogP contribution in [0, 0.1) is 16.7 Å². The van der Waals surface area contributed by atoms with Crippen LogP contribution < -0.4 is 4.74 Å². The molecule has 0 spiro atoms. The van der Waals surface area contributed by atoms with Gasteiger partial charge in [0.15, 0.2) is 5.78 Å². The molecule has 0 saturated heterocycles. The van der Waals surface area contributed by atoms with Crippen LogP contribution in [0.3, 0.4) is 0 Å². The molecule has 0 amide bonds. The molecule has 34 heavy (non-hydrogen) atoms. The van der Waals surface area contributed by atoms with E-state index < -0.39 is 28.6 Å². The molecule has 7 nitrogen and oxygen atoms in total. The number of benzene rings is 1. The highest BCUT2D eigenvalue weighted by Gasteiger charge is 2.48. The number of rotatable bonds is 6. The summed E-state index contributed by atoms with van der Waals surface area (Å²) in [6.07, 6.45) is 0.912. The van der Waals surface area contributed by atoms with Crippen LogP contribution in [0.2, 0.25) is 0 Å². The quantitative estimate of drug-likeness (QED) is 0.478. The molecule has 0 heterocycles. The third kappa shape index (κ3) is 5.40. The van der Waals surface area contributed by atoms with Gasteiger partial charge in [-0.25, -0.2) is 0 Å². The van der Waals surface area contributed by atoms with Gasteiger partial charge in [-0.2, -0.15) is 0 Å². The van der Waals surface area contributed by atoms with Crippen molar-refractivity contribution in [2.75, 3.05) is 7.11 Å². The Morgan fingerprint density at radius 3 is 2.15 bits per heavy atom. The summed E-state index contributed by atoms with van der Waals surface area (Å²) in [7, 11) is 1.49. The molecular weight excluding hydrogens is 436 g/mol. The van der Waals surface area contributed by atoms with Gasteiger partial charge in [0.25, 0.3) is 0 Å². The zero-order valence-corrected chi connectivity index (χ0v) is 20.8. The lowest BCUT2D eigenvalue weighted by atomic mass is 9.62. The number of hydrogen-bond acceptors (Lipinski definition) is 7. The van der Waals surface area contributed by atoms with E-state index >= 15 is 0 Å².